The summed E-state index contributed by atoms with van der Waals surface area (Å²) in [6.07, 6.45) is 4.97. The molecule has 1 aromatic heterocycles. The smallest absolute Gasteiger partial charge is 0.224 e. The standard InChI is InChI=1S/C13H15BrN2O/c14-8-4-1-5-9-17-13-11-6-2-3-7-12(11)15-10-16-13/h2-3,6-7,10H,1,4-5,8-9H2. The fraction of sp³-hybridized carbons (Fsp3) is 0.385. The Bertz CT molecular complexity index is 470. The zero-order valence-electron chi connectivity index (χ0n) is 9.60. The van der Waals surface area contributed by atoms with Crippen LogP contribution < -0.4 is 4.74 Å². The molecule has 0 fully saturated rings. The largest absolute Gasteiger partial charge is 0.477 e. The number of para-hydroxylation sites is 1. The van der Waals surface area contributed by atoms with Crippen LogP contribution in [0.15, 0.2) is 30.6 Å². The van der Waals surface area contributed by atoms with Crippen molar-refractivity contribution >= 4 is 26.8 Å². The number of unbranched alkanes of at least 4 members (excludes halogenated alkanes) is 2. The first-order valence-electron chi connectivity index (χ1n) is 5.80. The predicted molar refractivity (Wildman–Crippen MR) is 72.7 cm³/mol. The van der Waals surface area contributed by atoms with E-state index >= 15 is 0 Å². The Balaban J connectivity index is 1.98. The molecule has 0 saturated heterocycles. The van der Waals surface area contributed by atoms with Crippen LogP contribution in [0.4, 0.5) is 0 Å². The summed E-state index contributed by atoms with van der Waals surface area (Å²) in [7, 11) is 0. The Hall–Kier alpha value is -1.16. The molecule has 90 valence electrons. The number of rotatable bonds is 6. The van der Waals surface area contributed by atoms with Gasteiger partial charge in [-0.15, -0.1) is 0 Å². The SMILES string of the molecule is BrCCCCCOc1ncnc2ccccc12. The number of hydrogen-bond donors (Lipinski definition) is 0. The number of halogens is 1. The molecule has 0 atom stereocenters. The fourth-order valence-electron chi connectivity index (χ4n) is 1.64. The number of alkyl halides is 1. The molecule has 0 aliphatic carbocycles. The van der Waals surface area contributed by atoms with Crippen LogP contribution in [-0.2, 0) is 0 Å². The first-order valence-corrected chi connectivity index (χ1v) is 6.92. The highest BCUT2D eigenvalue weighted by molar-refractivity contribution is 9.09. The van der Waals surface area contributed by atoms with Gasteiger partial charge in [0.15, 0.2) is 0 Å². The highest BCUT2D eigenvalue weighted by Crippen LogP contribution is 2.20. The molecule has 0 bridgehead atoms. The summed E-state index contributed by atoms with van der Waals surface area (Å²) in [4.78, 5) is 8.38. The van der Waals surface area contributed by atoms with E-state index in [1.54, 1.807) is 6.33 Å². The van der Waals surface area contributed by atoms with Gasteiger partial charge in [0.25, 0.3) is 0 Å². The zero-order valence-corrected chi connectivity index (χ0v) is 11.2. The van der Waals surface area contributed by atoms with Crippen LogP contribution in [0.5, 0.6) is 5.88 Å². The maximum absolute atomic E-state index is 5.70. The second-order valence-electron chi connectivity index (χ2n) is 3.79. The lowest BCUT2D eigenvalue weighted by atomic mass is 10.2. The lowest BCUT2D eigenvalue weighted by Crippen LogP contribution is -2.00. The van der Waals surface area contributed by atoms with Crippen molar-refractivity contribution in [1.82, 2.24) is 9.97 Å². The van der Waals surface area contributed by atoms with Crippen molar-refractivity contribution in [1.29, 1.82) is 0 Å². The first kappa shape index (κ1) is 12.3. The molecule has 0 aliphatic rings. The average Bonchev–Trinajstić information content (AvgIpc) is 2.39. The van der Waals surface area contributed by atoms with Gasteiger partial charge in [-0.3, -0.25) is 0 Å². The minimum atomic E-state index is 0.689. The summed E-state index contributed by atoms with van der Waals surface area (Å²) in [5.41, 5.74) is 0.929. The van der Waals surface area contributed by atoms with E-state index in [0.717, 1.165) is 22.7 Å². The maximum atomic E-state index is 5.70. The highest BCUT2D eigenvalue weighted by atomic mass is 79.9. The molecule has 0 N–H and O–H groups in total. The number of fused-ring (bicyclic) bond motifs is 1. The van der Waals surface area contributed by atoms with Crippen LogP contribution in [-0.4, -0.2) is 21.9 Å². The highest BCUT2D eigenvalue weighted by Gasteiger charge is 2.03. The van der Waals surface area contributed by atoms with Gasteiger partial charge in [0.2, 0.25) is 5.88 Å². The van der Waals surface area contributed by atoms with Crippen molar-refractivity contribution < 1.29 is 4.74 Å². The number of benzene rings is 1. The second kappa shape index (κ2) is 6.55. The molecule has 0 radical (unpaired) electrons. The van der Waals surface area contributed by atoms with Gasteiger partial charge >= 0.3 is 0 Å². The number of nitrogens with zero attached hydrogens (tertiary/aromatic N) is 2. The van der Waals surface area contributed by atoms with Crippen molar-refractivity contribution in [3.05, 3.63) is 30.6 Å². The second-order valence-corrected chi connectivity index (χ2v) is 4.59. The number of aromatic nitrogens is 2. The zero-order chi connectivity index (χ0) is 11.9. The fourth-order valence-corrected chi connectivity index (χ4v) is 2.03. The summed E-state index contributed by atoms with van der Waals surface area (Å²) >= 11 is 3.42. The van der Waals surface area contributed by atoms with E-state index in [2.05, 4.69) is 25.9 Å². The normalized spacial score (nSPS) is 10.6. The minimum absolute atomic E-state index is 0.689. The van der Waals surface area contributed by atoms with Crippen molar-refractivity contribution in [2.45, 2.75) is 19.3 Å². The molecule has 2 rings (SSSR count). The Morgan fingerprint density at radius 2 is 1.94 bits per heavy atom. The van der Waals surface area contributed by atoms with E-state index in [1.165, 1.54) is 12.8 Å². The van der Waals surface area contributed by atoms with Crippen LogP contribution in [0.1, 0.15) is 19.3 Å². The average molecular weight is 295 g/mol. The van der Waals surface area contributed by atoms with Crippen molar-refractivity contribution in [3.63, 3.8) is 0 Å². The van der Waals surface area contributed by atoms with Gasteiger partial charge in [-0.05, 0) is 31.4 Å². The van der Waals surface area contributed by atoms with E-state index in [1.807, 2.05) is 24.3 Å². The Morgan fingerprint density at radius 1 is 1.06 bits per heavy atom. The van der Waals surface area contributed by atoms with Gasteiger partial charge in [-0.25, -0.2) is 9.97 Å². The van der Waals surface area contributed by atoms with Gasteiger partial charge in [-0.1, -0.05) is 28.1 Å². The third kappa shape index (κ3) is 3.40. The van der Waals surface area contributed by atoms with E-state index in [0.29, 0.717) is 12.5 Å². The Morgan fingerprint density at radius 3 is 2.82 bits per heavy atom. The quantitative estimate of drug-likeness (QED) is 0.603. The van der Waals surface area contributed by atoms with Gasteiger partial charge in [0.1, 0.15) is 6.33 Å². The Kier molecular flexibility index (Phi) is 4.74. The minimum Gasteiger partial charge on any atom is -0.477 e. The van der Waals surface area contributed by atoms with E-state index in [-0.39, 0.29) is 0 Å². The van der Waals surface area contributed by atoms with Crippen LogP contribution in [0.3, 0.4) is 0 Å². The lowest BCUT2D eigenvalue weighted by Gasteiger charge is -2.06. The third-order valence-electron chi connectivity index (χ3n) is 2.52. The molecule has 0 aliphatic heterocycles. The Labute approximate surface area is 109 Å². The van der Waals surface area contributed by atoms with Crippen LogP contribution in [0.2, 0.25) is 0 Å². The third-order valence-corrected chi connectivity index (χ3v) is 3.08. The van der Waals surface area contributed by atoms with Gasteiger partial charge in [0.05, 0.1) is 17.5 Å². The first-order chi connectivity index (χ1) is 8.42. The summed E-state index contributed by atoms with van der Waals surface area (Å²) in [5, 5.41) is 2.04. The van der Waals surface area contributed by atoms with Crippen molar-refractivity contribution in [2.75, 3.05) is 11.9 Å². The van der Waals surface area contributed by atoms with E-state index in [4.69, 9.17) is 4.74 Å². The van der Waals surface area contributed by atoms with E-state index in [9.17, 15) is 0 Å². The predicted octanol–water partition coefficient (Wildman–Crippen LogP) is 3.57. The molecule has 0 amide bonds. The molecule has 3 nitrogen and oxygen atoms in total. The van der Waals surface area contributed by atoms with Crippen molar-refractivity contribution in [3.8, 4) is 5.88 Å². The number of hydrogen-bond acceptors (Lipinski definition) is 3. The molecule has 0 saturated carbocycles. The summed E-state index contributed by atoms with van der Waals surface area (Å²) < 4.78 is 5.70. The summed E-state index contributed by atoms with van der Waals surface area (Å²) in [6.45, 7) is 0.716. The molecule has 0 spiro atoms. The lowest BCUT2D eigenvalue weighted by molar-refractivity contribution is 0.298. The van der Waals surface area contributed by atoms with E-state index < -0.39 is 0 Å². The molecule has 1 heterocycles. The molecule has 4 heteroatoms. The summed E-state index contributed by atoms with van der Waals surface area (Å²) in [6, 6.07) is 7.90. The molecule has 17 heavy (non-hydrogen) atoms. The maximum Gasteiger partial charge on any atom is 0.224 e. The van der Waals surface area contributed by atoms with Crippen LogP contribution >= 0.6 is 15.9 Å². The van der Waals surface area contributed by atoms with Gasteiger partial charge in [0, 0.05) is 5.33 Å². The number of ether oxygens (including phenoxy) is 1. The molecular weight excluding hydrogens is 280 g/mol. The molecule has 2 aromatic rings. The topological polar surface area (TPSA) is 35.0 Å². The summed E-state index contributed by atoms with van der Waals surface area (Å²) in [5.74, 6) is 0.689. The van der Waals surface area contributed by atoms with Crippen LogP contribution in [0.25, 0.3) is 10.9 Å². The van der Waals surface area contributed by atoms with Crippen LogP contribution in [0, 0.1) is 0 Å². The van der Waals surface area contributed by atoms with Gasteiger partial charge < -0.3 is 4.74 Å². The molecular formula is C13H15BrN2O. The molecule has 1 aromatic carbocycles. The molecule has 0 unspecified atom stereocenters. The van der Waals surface area contributed by atoms with Gasteiger partial charge in [-0.2, -0.15) is 0 Å². The van der Waals surface area contributed by atoms with Crippen molar-refractivity contribution in [2.24, 2.45) is 0 Å². The monoisotopic (exact) mass is 294 g/mol.